The molecule has 7 nitrogen and oxygen atoms in total. The molecule has 2 aliphatic heterocycles. The van der Waals surface area contributed by atoms with Gasteiger partial charge in [0.05, 0.1) is 27.7 Å². The summed E-state index contributed by atoms with van der Waals surface area (Å²) >= 11 is 0. The van der Waals surface area contributed by atoms with E-state index < -0.39 is 22.7 Å². The molecule has 0 saturated carbocycles. The van der Waals surface area contributed by atoms with Crippen LogP contribution in [0.2, 0.25) is 0 Å². The number of aromatic nitrogens is 1. The number of amides is 1. The van der Waals surface area contributed by atoms with E-state index >= 15 is 0 Å². The average molecular weight is 647 g/mol. The van der Waals surface area contributed by atoms with Gasteiger partial charge in [-0.05, 0) is 74.7 Å². The average Bonchev–Trinajstić information content (AvgIpc) is 3.50. The lowest BCUT2D eigenvalue weighted by Crippen LogP contribution is -2.44. The molecule has 3 heterocycles. The van der Waals surface area contributed by atoms with E-state index in [0.717, 1.165) is 44.3 Å². The highest BCUT2D eigenvalue weighted by molar-refractivity contribution is 7.90. The summed E-state index contributed by atoms with van der Waals surface area (Å²) in [5.74, 6) is -0.340. The highest BCUT2D eigenvalue weighted by Crippen LogP contribution is 2.35. The molecule has 1 aromatic heterocycles. The highest BCUT2D eigenvalue weighted by atomic mass is 32.2. The van der Waals surface area contributed by atoms with Crippen molar-refractivity contribution in [2.45, 2.75) is 62.6 Å². The van der Waals surface area contributed by atoms with Crippen molar-refractivity contribution in [3.63, 3.8) is 0 Å². The van der Waals surface area contributed by atoms with Crippen LogP contribution in [-0.2, 0) is 23.1 Å². The molecule has 0 radical (unpaired) electrons. The molecule has 46 heavy (non-hydrogen) atoms. The van der Waals surface area contributed by atoms with Crippen LogP contribution in [0.3, 0.4) is 0 Å². The number of benzene rings is 3. The first-order chi connectivity index (χ1) is 22.1. The fourth-order valence-electron chi connectivity index (χ4n) is 6.80. The third-order valence-electron chi connectivity index (χ3n) is 9.33. The Hall–Kier alpha value is -3.73. The second kappa shape index (κ2) is 13.6. The summed E-state index contributed by atoms with van der Waals surface area (Å²) in [4.78, 5) is 24.1. The van der Waals surface area contributed by atoms with Gasteiger partial charge in [-0.3, -0.25) is 14.6 Å². The molecule has 3 aromatic carbocycles. The molecule has 1 amide bonds. The number of fused-ring (bicyclic) bond motifs is 1. The molecule has 2 aliphatic rings. The van der Waals surface area contributed by atoms with E-state index in [1.54, 1.807) is 24.3 Å². The van der Waals surface area contributed by atoms with E-state index in [4.69, 9.17) is 4.98 Å². The molecule has 2 atom stereocenters. The summed E-state index contributed by atoms with van der Waals surface area (Å²) in [7, 11) is -3.58. The van der Waals surface area contributed by atoms with Gasteiger partial charge >= 0.3 is 0 Å². The molecule has 0 spiro atoms. The predicted molar refractivity (Wildman–Crippen MR) is 177 cm³/mol. The second-order valence-corrected chi connectivity index (χ2v) is 14.6. The summed E-state index contributed by atoms with van der Waals surface area (Å²) < 4.78 is 53.1. The number of carbonyl (C=O) groups excluding carboxylic acids is 1. The number of nitrogens with zero attached hydrogens (tertiary/aromatic N) is 3. The van der Waals surface area contributed by atoms with Gasteiger partial charge in [0.15, 0.2) is 9.84 Å². The molecule has 0 aliphatic carbocycles. The monoisotopic (exact) mass is 646 g/mol. The molecular formula is C36H40F2N4O3S. The van der Waals surface area contributed by atoms with Crippen LogP contribution >= 0.6 is 0 Å². The van der Waals surface area contributed by atoms with Crippen LogP contribution in [0.4, 0.5) is 8.78 Å². The van der Waals surface area contributed by atoms with Gasteiger partial charge in [0.2, 0.25) is 0 Å². The molecule has 0 unspecified atom stereocenters. The largest absolute Gasteiger partial charge is 0.345 e. The van der Waals surface area contributed by atoms with Gasteiger partial charge in [-0.15, -0.1) is 0 Å². The van der Waals surface area contributed by atoms with Crippen LogP contribution < -0.4 is 5.32 Å². The van der Waals surface area contributed by atoms with E-state index in [-0.39, 0.29) is 16.8 Å². The maximum atomic E-state index is 14.4. The highest BCUT2D eigenvalue weighted by Gasteiger charge is 2.32. The van der Waals surface area contributed by atoms with Crippen LogP contribution in [0, 0.1) is 0 Å². The van der Waals surface area contributed by atoms with Crippen molar-refractivity contribution in [3.05, 3.63) is 95.1 Å². The standard InChI is InChI=1S/C36H40F2N4O3S/c1-24(26-8-4-3-5-9-26)39-36(43)34-31-20-30(46(2,44)45)11-12-33(31)40-35(27-10-6-7-25(19-27)21-37)32(34)23-41-16-14-29(15-17-41)42-18-13-28(38)22-42/h3-12,19-20,24,28-29H,13-18,21-23H2,1-2H3,(H,39,43)/t24-,28-/m0/s1. The summed E-state index contributed by atoms with van der Waals surface area (Å²) in [6.45, 7) is 4.44. The fourth-order valence-corrected chi connectivity index (χ4v) is 7.45. The number of likely N-dealkylation sites (tertiary alicyclic amines) is 2. The molecule has 242 valence electrons. The maximum absolute atomic E-state index is 14.4. The van der Waals surface area contributed by atoms with Gasteiger partial charge in [0.25, 0.3) is 5.91 Å². The SMILES string of the molecule is C[C@H](NC(=O)c1c(CN2CCC(N3CC[C@H](F)C3)CC2)c(-c2cccc(CF)c2)nc2ccc(S(C)(=O)=O)cc12)c1ccccc1. The summed E-state index contributed by atoms with van der Waals surface area (Å²) in [5.41, 5.74) is 4.18. The van der Waals surface area contributed by atoms with Gasteiger partial charge in [-0.25, -0.2) is 22.2 Å². The number of rotatable bonds is 9. The number of piperidine rings is 1. The first-order valence-corrected chi connectivity index (χ1v) is 17.8. The minimum Gasteiger partial charge on any atom is -0.345 e. The van der Waals surface area contributed by atoms with E-state index in [0.29, 0.717) is 64.4 Å². The van der Waals surface area contributed by atoms with Crippen molar-refractivity contribution in [1.29, 1.82) is 0 Å². The van der Waals surface area contributed by atoms with Gasteiger partial charge in [0.1, 0.15) is 12.8 Å². The normalized spacial score (nSPS) is 19.0. The number of pyridine rings is 1. The minimum atomic E-state index is -3.58. The van der Waals surface area contributed by atoms with Gasteiger partial charge in [0, 0.05) is 48.4 Å². The minimum absolute atomic E-state index is 0.0997. The Labute approximate surface area is 269 Å². The second-order valence-electron chi connectivity index (χ2n) is 12.6. The van der Waals surface area contributed by atoms with E-state index in [9.17, 15) is 22.0 Å². The quantitative estimate of drug-likeness (QED) is 0.231. The van der Waals surface area contributed by atoms with Crippen LogP contribution in [0.25, 0.3) is 22.2 Å². The lowest BCUT2D eigenvalue weighted by Gasteiger charge is -2.37. The topological polar surface area (TPSA) is 82.6 Å². The number of nitrogens with one attached hydrogen (secondary N) is 1. The van der Waals surface area contributed by atoms with Gasteiger partial charge in [-0.2, -0.15) is 0 Å². The van der Waals surface area contributed by atoms with Crippen molar-refractivity contribution in [3.8, 4) is 11.3 Å². The molecule has 0 bridgehead atoms. The smallest absolute Gasteiger partial charge is 0.252 e. The number of hydrogen-bond acceptors (Lipinski definition) is 6. The Morgan fingerprint density at radius 2 is 1.76 bits per heavy atom. The Bertz CT molecular complexity index is 1830. The third-order valence-corrected chi connectivity index (χ3v) is 10.4. The zero-order chi connectivity index (χ0) is 32.4. The maximum Gasteiger partial charge on any atom is 0.252 e. The lowest BCUT2D eigenvalue weighted by molar-refractivity contribution is 0.0936. The zero-order valence-electron chi connectivity index (χ0n) is 26.3. The van der Waals surface area contributed by atoms with Crippen molar-refractivity contribution >= 4 is 26.6 Å². The fraction of sp³-hybridized carbons (Fsp3) is 0.389. The predicted octanol–water partition coefficient (Wildman–Crippen LogP) is 6.27. The molecule has 10 heteroatoms. The molecular weight excluding hydrogens is 606 g/mol. The molecule has 4 aromatic rings. The Kier molecular flexibility index (Phi) is 9.49. The Morgan fingerprint density at radius 1 is 1.00 bits per heavy atom. The molecule has 6 rings (SSSR count). The van der Waals surface area contributed by atoms with Gasteiger partial charge in [-0.1, -0.05) is 48.5 Å². The number of carbonyl (C=O) groups is 1. The van der Waals surface area contributed by atoms with Crippen LogP contribution in [0.1, 0.15) is 59.3 Å². The van der Waals surface area contributed by atoms with Crippen molar-refractivity contribution < 1.29 is 22.0 Å². The van der Waals surface area contributed by atoms with E-state index in [1.807, 2.05) is 43.3 Å². The Balaban J connectivity index is 1.46. The van der Waals surface area contributed by atoms with Crippen LogP contribution in [0.5, 0.6) is 0 Å². The zero-order valence-corrected chi connectivity index (χ0v) is 27.1. The van der Waals surface area contributed by atoms with Crippen molar-refractivity contribution in [2.75, 3.05) is 32.4 Å². The van der Waals surface area contributed by atoms with E-state index in [1.165, 1.54) is 12.1 Å². The number of halogens is 2. The first-order valence-electron chi connectivity index (χ1n) is 15.9. The summed E-state index contributed by atoms with van der Waals surface area (Å²) in [6.07, 6.45) is 2.72. The lowest BCUT2D eigenvalue weighted by atomic mass is 9.93. The summed E-state index contributed by atoms with van der Waals surface area (Å²) in [5, 5.41) is 3.60. The van der Waals surface area contributed by atoms with Crippen molar-refractivity contribution in [1.82, 2.24) is 20.1 Å². The van der Waals surface area contributed by atoms with Crippen molar-refractivity contribution in [2.24, 2.45) is 0 Å². The Morgan fingerprint density at radius 3 is 2.43 bits per heavy atom. The third kappa shape index (κ3) is 6.99. The van der Waals surface area contributed by atoms with Crippen LogP contribution in [-0.4, -0.2) is 73.8 Å². The number of hydrogen-bond donors (Lipinski definition) is 1. The van der Waals surface area contributed by atoms with E-state index in [2.05, 4.69) is 15.1 Å². The van der Waals surface area contributed by atoms with Crippen LogP contribution in [0.15, 0.2) is 77.7 Å². The molecule has 2 fully saturated rings. The molecule has 2 saturated heterocycles. The number of alkyl halides is 2. The molecule has 1 N–H and O–H groups in total. The summed E-state index contributed by atoms with van der Waals surface area (Å²) in [6, 6.07) is 21.4. The first kappa shape index (κ1) is 32.2. The van der Waals surface area contributed by atoms with Gasteiger partial charge < -0.3 is 5.32 Å². The number of sulfone groups is 1.